The highest BCUT2D eigenvalue weighted by Crippen LogP contribution is 2.24. The van der Waals surface area contributed by atoms with E-state index < -0.39 is 0 Å². The maximum absolute atomic E-state index is 13.1. The van der Waals surface area contributed by atoms with Gasteiger partial charge in [-0.3, -0.25) is 4.98 Å². The minimum absolute atomic E-state index is 0.217. The monoisotopic (exact) mass is 482 g/mol. The van der Waals surface area contributed by atoms with Gasteiger partial charge in [0, 0.05) is 50.3 Å². The minimum atomic E-state index is -0.217. The number of rotatable bonds is 8. The molecule has 5 aromatic rings. The summed E-state index contributed by atoms with van der Waals surface area (Å²) in [5.74, 6) is -0.217. The van der Waals surface area contributed by atoms with Gasteiger partial charge in [-0.1, -0.05) is 23.4 Å². The zero-order valence-corrected chi connectivity index (χ0v) is 19.9. The first kappa shape index (κ1) is 22.4. The van der Waals surface area contributed by atoms with Crippen molar-refractivity contribution in [2.45, 2.75) is 32.5 Å². The Morgan fingerprint density at radius 2 is 1.69 bits per heavy atom. The average molecular weight is 483 g/mol. The zero-order valence-electron chi connectivity index (χ0n) is 19.9. The highest BCUT2D eigenvalue weighted by atomic mass is 19.1. The maximum Gasteiger partial charge on any atom is 0.137 e. The van der Waals surface area contributed by atoms with Crippen molar-refractivity contribution in [1.82, 2.24) is 34.7 Å². The molecule has 0 spiro atoms. The van der Waals surface area contributed by atoms with E-state index in [1.54, 1.807) is 12.1 Å². The van der Waals surface area contributed by atoms with Crippen LogP contribution in [0.2, 0.25) is 0 Å². The van der Waals surface area contributed by atoms with Gasteiger partial charge in [0.05, 0.1) is 30.3 Å². The van der Waals surface area contributed by atoms with Crippen LogP contribution in [0.3, 0.4) is 0 Å². The van der Waals surface area contributed by atoms with Crippen LogP contribution in [0.4, 0.5) is 10.1 Å². The molecule has 36 heavy (non-hydrogen) atoms. The van der Waals surface area contributed by atoms with Gasteiger partial charge in [-0.05, 0) is 48.2 Å². The van der Waals surface area contributed by atoms with Gasteiger partial charge in [0.15, 0.2) is 0 Å². The number of hydrogen-bond donors (Lipinski definition) is 1. The maximum atomic E-state index is 13.1. The van der Waals surface area contributed by atoms with Crippen LogP contribution in [0, 0.1) is 5.82 Å². The molecule has 1 aromatic carbocycles. The summed E-state index contributed by atoms with van der Waals surface area (Å²) in [6, 6.07) is 12.8. The number of hydrogen-bond acceptors (Lipinski definition) is 6. The number of benzene rings is 1. The molecule has 6 rings (SSSR count). The quantitative estimate of drug-likeness (QED) is 0.359. The number of nitrogens with zero attached hydrogens (tertiary/aromatic N) is 7. The molecule has 5 heterocycles. The minimum Gasteiger partial charge on any atom is -0.370 e. The molecular weight excluding hydrogens is 455 g/mol. The van der Waals surface area contributed by atoms with Crippen molar-refractivity contribution in [1.29, 1.82) is 0 Å². The van der Waals surface area contributed by atoms with Crippen molar-refractivity contribution in [2.75, 3.05) is 18.0 Å². The summed E-state index contributed by atoms with van der Waals surface area (Å²) < 4.78 is 16.9. The lowest BCUT2D eigenvalue weighted by atomic mass is 10.2. The smallest absolute Gasteiger partial charge is 0.137 e. The average Bonchev–Trinajstić information content (AvgIpc) is 3.66. The number of aromatic nitrogens is 6. The van der Waals surface area contributed by atoms with Crippen molar-refractivity contribution >= 4 is 11.3 Å². The highest BCUT2D eigenvalue weighted by molar-refractivity contribution is 5.63. The van der Waals surface area contributed by atoms with E-state index in [0.717, 1.165) is 52.5 Å². The molecule has 1 aliphatic rings. The van der Waals surface area contributed by atoms with Crippen LogP contribution in [0.1, 0.15) is 29.7 Å². The van der Waals surface area contributed by atoms with Crippen molar-refractivity contribution in [3.63, 3.8) is 0 Å². The Morgan fingerprint density at radius 3 is 2.56 bits per heavy atom. The van der Waals surface area contributed by atoms with Gasteiger partial charge in [-0.25, -0.2) is 14.1 Å². The second kappa shape index (κ2) is 9.87. The third-order valence-electron chi connectivity index (χ3n) is 6.49. The predicted molar refractivity (Wildman–Crippen MR) is 136 cm³/mol. The summed E-state index contributed by atoms with van der Waals surface area (Å²) in [5, 5.41) is 12.1. The second-order valence-corrected chi connectivity index (χ2v) is 9.19. The third-order valence-corrected chi connectivity index (χ3v) is 6.49. The molecular formula is C27H27FN8. The first-order chi connectivity index (χ1) is 17.7. The first-order valence-corrected chi connectivity index (χ1v) is 12.2. The Morgan fingerprint density at radius 1 is 0.889 bits per heavy atom. The fourth-order valence-electron chi connectivity index (χ4n) is 4.61. The van der Waals surface area contributed by atoms with Crippen LogP contribution >= 0.6 is 0 Å². The first-order valence-electron chi connectivity index (χ1n) is 12.2. The summed E-state index contributed by atoms with van der Waals surface area (Å²) in [6.45, 7) is 4.08. The van der Waals surface area contributed by atoms with Crippen molar-refractivity contribution < 1.29 is 4.39 Å². The Bertz CT molecular complexity index is 1470. The molecule has 0 unspecified atom stereocenters. The fraction of sp³-hybridized carbons (Fsp3) is 0.259. The summed E-state index contributed by atoms with van der Waals surface area (Å²) in [4.78, 5) is 11.5. The molecule has 0 radical (unpaired) electrons. The molecule has 4 aromatic heterocycles. The van der Waals surface area contributed by atoms with E-state index in [1.165, 1.54) is 25.0 Å². The van der Waals surface area contributed by atoms with Gasteiger partial charge in [-0.2, -0.15) is 0 Å². The molecule has 0 saturated carbocycles. The van der Waals surface area contributed by atoms with Gasteiger partial charge in [-0.15, -0.1) is 5.10 Å². The van der Waals surface area contributed by atoms with Crippen LogP contribution in [-0.2, 0) is 19.6 Å². The van der Waals surface area contributed by atoms with Gasteiger partial charge in [0.2, 0.25) is 0 Å². The Hall–Kier alpha value is -4.11. The lowest BCUT2D eigenvalue weighted by Crippen LogP contribution is -2.17. The van der Waals surface area contributed by atoms with Crippen LogP contribution in [-0.4, -0.2) is 42.5 Å². The Labute approximate surface area is 208 Å². The zero-order chi connectivity index (χ0) is 24.3. The Balaban J connectivity index is 1.11. The Kier molecular flexibility index (Phi) is 6.13. The van der Waals surface area contributed by atoms with Gasteiger partial charge >= 0.3 is 0 Å². The van der Waals surface area contributed by atoms with Crippen LogP contribution in [0.15, 0.2) is 73.4 Å². The van der Waals surface area contributed by atoms with E-state index in [4.69, 9.17) is 4.98 Å². The van der Waals surface area contributed by atoms with E-state index in [-0.39, 0.29) is 5.82 Å². The largest absolute Gasteiger partial charge is 0.370 e. The third kappa shape index (κ3) is 4.96. The fourth-order valence-corrected chi connectivity index (χ4v) is 4.61. The van der Waals surface area contributed by atoms with Gasteiger partial charge < -0.3 is 14.6 Å². The lowest BCUT2D eigenvalue weighted by molar-refractivity contribution is 0.625. The molecule has 182 valence electrons. The van der Waals surface area contributed by atoms with Crippen molar-refractivity contribution in [3.8, 4) is 11.3 Å². The second-order valence-electron chi connectivity index (χ2n) is 9.19. The van der Waals surface area contributed by atoms with E-state index in [0.29, 0.717) is 19.6 Å². The van der Waals surface area contributed by atoms with E-state index >= 15 is 0 Å². The number of pyridine rings is 2. The van der Waals surface area contributed by atoms with E-state index in [9.17, 15) is 4.39 Å². The molecule has 9 heteroatoms. The molecule has 0 amide bonds. The number of nitrogens with one attached hydrogen (secondary N) is 1. The normalized spacial score (nSPS) is 13.6. The number of halogens is 1. The van der Waals surface area contributed by atoms with Crippen LogP contribution in [0.25, 0.3) is 16.9 Å². The van der Waals surface area contributed by atoms with E-state index in [2.05, 4.69) is 43.8 Å². The molecule has 1 aliphatic heterocycles. The van der Waals surface area contributed by atoms with Crippen molar-refractivity contribution in [2.24, 2.45) is 0 Å². The summed E-state index contributed by atoms with van der Waals surface area (Å²) >= 11 is 0. The molecule has 8 nitrogen and oxygen atoms in total. The molecule has 0 atom stereocenters. The molecule has 0 bridgehead atoms. The number of anilines is 1. The molecule has 1 fully saturated rings. The van der Waals surface area contributed by atoms with Gasteiger partial charge in [0.1, 0.15) is 17.2 Å². The number of imidazole rings is 1. The summed E-state index contributed by atoms with van der Waals surface area (Å²) in [5.41, 5.74) is 6.90. The van der Waals surface area contributed by atoms with Crippen LogP contribution in [0.5, 0.6) is 0 Å². The highest BCUT2D eigenvalue weighted by Gasteiger charge is 2.14. The standard InChI is InChI=1S/C27H27FN8/c28-23-6-3-20(4-7-23)12-29-13-21-5-8-27-31-24(17-35(27)16-21)18-36-19-26(32-33-36)22-11-25(15-30-14-22)34-9-1-2-10-34/h3-8,11,14-17,19,29H,1-2,9-10,12-13,18H2. The molecule has 1 saturated heterocycles. The predicted octanol–water partition coefficient (Wildman–Crippen LogP) is 4.07. The summed E-state index contributed by atoms with van der Waals surface area (Å²) in [6.07, 6.45) is 12.3. The lowest BCUT2D eigenvalue weighted by Gasteiger charge is -2.17. The SMILES string of the molecule is Fc1ccc(CNCc2ccc3nc(Cn4cc(-c5cncc(N6CCCC6)c5)nn4)cn3c2)cc1. The van der Waals surface area contributed by atoms with Crippen LogP contribution < -0.4 is 10.2 Å². The van der Waals surface area contributed by atoms with E-state index in [1.807, 2.05) is 39.9 Å². The van der Waals surface area contributed by atoms with Crippen molar-refractivity contribution in [3.05, 3.63) is 96.1 Å². The molecule has 0 aliphatic carbocycles. The van der Waals surface area contributed by atoms with Gasteiger partial charge in [0.25, 0.3) is 0 Å². The molecule has 1 N–H and O–H groups in total. The topological polar surface area (TPSA) is 76.2 Å². The number of fused-ring (bicyclic) bond motifs is 1. The summed E-state index contributed by atoms with van der Waals surface area (Å²) in [7, 11) is 0.